The molecule has 2 N–H and O–H groups in total. The van der Waals surface area contributed by atoms with Gasteiger partial charge in [-0.15, -0.1) is 0 Å². The first-order chi connectivity index (χ1) is 24.2. The number of hydrogen-bond donors (Lipinski definition) is 2. The smallest absolute Gasteiger partial charge is 0.338 e. The maximum Gasteiger partial charge on any atom is 0.338 e. The Labute approximate surface area is 292 Å². The first kappa shape index (κ1) is 34.9. The van der Waals surface area contributed by atoms with Crippen molar-refractivity contribution in [2.24, 2.45) is 0 Å². The molecule has 1 aliphatic carbocycles. The highest BCUT2D eigenvalue weighted by Gasteiger charge is 2.31. The van der Waals surface area contributed by atoms with Crippen LogP contribution in [-0.2, 0) is 17.7 Å². The van der Waals surface area contributed by atoms with Crippen LogP contribution >= 0.6 is 0 Å². The number of hydrogen-bond acceptors (Lipinski definition) is 7. The number of carbonyl (C=O) groups excluding carboxylic acids is 4. The molecule has 6 rings (SSSR count). The topological polar surface area (TPSA) is 135 Å². The van der Waals surface area contributed by atoms with E-state index in [4.69, 9.17) is 4.74 Å². The van der Waals surface area contributed by atoms with Crippen molar-refractivity contribution in [1.29, 1.82) is 0 Å². The molecule has 0 fully saturated rings. The molecule has 3 aromatic carbocycles. The van der Waals surface area contributed by atoms with E-state index in [2.05, 4.69) is 20.7 Å². The van der Waals surface area contributed by atoms with Crippen molar-refractivity contribution in [3.63, 3.8) is 0 Å². The van der Waals surface area contributed by atoms with E-state index >= 15 is 0 Å². The minimum atomic E-state index is -1.06. The Morgan fingerprint density at radius 3 is 2.41 bits per heavy atom. The lowest BCUT2D eigenvalue weighted by molar-refractivity contribution is 0.00682. The highest BCUT2D eigenvalue weighted by molar-refractivity contribution is 6.10. The van der Waals surface area contributed by atoms with Gasteiger partial charge in [0.1, 0.15) is 22.6 Å². The molecular formula is C38H36F2N6O5. The molecule has 1 aliphatic rings. The van der Waals surface area contributed by atoms with Gasteiger partial charge in [0.2, 0.25) is 0 Å². The number of anilines is 1. The lowest BCUT2D eigenvalue weighted by atomic mass is 9.97. The average molecular weight is 695 g/mol. The third-order valence-electron chi connectivity index (χ3n) is 8.67. The highest BCUT2D eigenvalue weighted by atomic mass is 19.2. The van der Waals surface area contributed by atoms with Gasteiger partial charge in [-0.25, -0.2) is 23.1 Å². The molecule has 2 aromatic heterocycles. The first-order valence-electron chi connectivity index (χ1n) is 16.3. The predicted octanol–water partition coefficient (Wildman–Crippen LogP) is 5.90. The van der Waals surface area contributed by atoms with Gasteiger partial charge in [0.05, 0.1) is 17.8 Å². The Morgan fingerprint density at radius 2 is 1.71 bits per heavy atom. The number of fused-ring (bicyclic) bond motifs is 2. The van der Waals surface area contributed by atoms with Gasteiger partial charge in [-0.3, -0.25) is 14.4 Å². The largest absolute Gasteiger partial charge is 0.456 e. The molecule has 2 heterocycles. The van der Waals surface area contributed by atoms with Gasteiger partial charge >= 0.3 is 5.97 Å². The molecule has 5 aromatic rings. The van der Waals surface area contributed by atoms with Gasteiger partial charge in [-0.2, -0.15) is 5.10 Å². The summed E-state index contributed by atoms with van der Waals surface area (Å²) in [4.78, 5) is 59.8. The number of esters is 1. The Morgan fingerprint density at radius 1 is 0.961 bits per heavy atom. The fourth-order valence-electron chi connectivity index (χ4n) is 6.08. The number of halogens is 2. The second-order valence-electron chi connectivity index (χ2n) is 13.3. The zero-order chi connectivity index (χ0) is 36.6. The Bertz CT molecular complexity index is 2190. The summed E-state index contributed by atoms with van der Waals surface area (Å²) in [6.07, 6.45) is 2.45. The first-order valence-corrected chi connectivity index (χ1v) is 16.3. The highest BCUT2D eigenvalue weighted by Crippen LogP contribution is 2.35. The molecule has 51 heavy (non-hydrogen) atoms. The number of aromatic nitrogens is 3. The minimum Gasteiger partial charge on any atom is -0.456 e. The van der Waals surface area contributed by atoms with Crippen LogP contribution in [-0.4, -0.2) is 50.9 Å². The maximum atomic E-state index is 14.0. The molecule has 1 atom stereocenters. The molecule has 0 aliphatic heterocycles. The van der Waals surface area contributed by atoms with E-state index in [9.17, 15) is 28.0 Å². The van der Waals surface area contributed by atoms with Crippen molar-refractivity contribution in [2.45, 2.75) is 58.7 Å². The monoisotopic (exact) mass is 694 g/mol. The maximum absolute atomic E-state index is 14.0. The van der Waals surface area contributed by atoms with Crippen LogP contribution in [0.3, 0.4) is 0 Å². The number of para-hydroxylation sites is 1. The molecule has 0 unspecified atom stereocenters. The Balaban J connectivity index is 1.33. The molecule has 3 amide bonds. The van der Waals surface area contributed by atoms with E-state index in [0.29, 0.717) is 29.7 Å². The average Bonchev–Trinajstić information content (AvgIpc) is 3.72. The second kappa shape index (κ2) is 13.7. The summed E-state index contributed by atoms with van der Waals surface area (Å²) < 4.78 is 34.0. The quantitative estimate of drug-likeness (QED) is 0.193. The minimum absolute atomic E-state index is 0.0296. The lowest BCUT2D eigenvalue weighted by Crippen LogP contribution is -2.31. The standard InChI is InChI=1S/C38H36F2N6O5/c1-21-24-14-16-30(26(24)13-12-25(21)37(50)51-38(2,3)4)44-35(48)32-18-31(34(47)41-19-22-11-15-28(39)29(40)17-22)43-33-27(20-42-46(32)33)36(49)45(5)23-9-7-6-8-10-23/h6-13,15,17-18,20,30H,14,16,19H2,1-5H3,(H,41,47)(H,44,48)/t30-/m0/s1. The summed E-state index contributed by atoms with van der Waals surface area (Å²) in [6, 6.07) is 16.5. The SMILES string of the molecule is Cc1c(C(=O)OC(C)(C)C)ccc2c1CC[C@@H]2NC(=O)c1cc(C(=O)NCc2ccc(F)c(F)c2)nc2c(C(=O)N(C)c3ccccc3)cnn12. The van der Waals surface area contributed by atoms with E-state index in [1.165, 1.54) is 27.7 Å². The van der Waals surface area contributed by atoms with Crippen molar-refractivity contribution >= 4 is 35.0 Å². The number of rotatable bonds is 8. The van der Waals surface area contributed by atoms with Gasteiger partial charge in [0.15, 0.2) is 17.3 Å². The molecule has 0 saturated carbocycles. The molecular weight excluding hydrogens is 658 g/mol. The number of nitrogens with zero attached hydrogens (tertiary/aromatic N) is 4. The number of carbonyl (C=O) groups is 4. The number of nitrogens with one attached hydrogen (secondary N) is 2. The lowest BCUT2D eigenvalue weighted by Gasteiger charge is -2.21. The van der Waals surface area contributed by atoms with Crippen molar-refractivity contribution in [2.75, 3.05) is 11.9 Å². The van der Waals surface area contributed by atoms with Crippen LogP contribution in [0.5, 0.6) is 0 Å². The zero-order valence-electron chi connectivity index (χ0n) is 28.7. The fourth-order valence-corrected chi connectivity index (χ4v) is 6.08. The van der Waals surface area contributed by atoms with E-state index in [1.54, 1.807) is 58.2 Å². The second-order valence-corrected chi connectivity index (χ2v) is 13.3. The van der Waals surface area contributed by atoms with Gasteiger partial charge in [-0.1, -0.05) is 30.3 Å². The number of amides is 3. The summed E-state index contributed by atoms with van der Waals surface area (Å²) in [7, 11) is 1.58. The van der Waals surface area contributed by atoms with Crippen LogP contribution in [0.4, 0.5) is 14.5 Å². The van der Waals surface area contributed by atoms with Crippen LogP contribution in [0, 0.1) is 18.6 Å². The van der Waals surface area contributed by atoms with Crippen molar-refractivity contribution in [1.82, 2.24) is 25.2 Å². The van der Waals surface area contributed by atoms with E-state index < -0.39 is 47.0 Å². The summed E-state index contributed by atoms with van der Waals surface area (Å²) in [6.45, 7) is 7.11. The number of benzene rings is 3. The van der Waals surface area contributed by atoms with Crippen LogP contribution in [0.2, 0.25) is 0 Å². The van der Waals surface area contributed by atoms with Crippen LogP contribution in [0.25, 0.3) is 5.65 Å². The third kappa shape index (κ3) is 7.18. The van der Waals surface area contributed by atoms with Crippen molar-refractivity contribution in [3.05, 3.63) is 129 Å². The van der Waals surface area contributed by atoms with Gasteiger partial charge < -0.3 is 20.3 Å². The molecule has 0 spiro atoms. The summed E-state index contributed by atoms with van der Waals surface area (Å²) >= 11 is 0. The van der Waals surface area contributed by atoms with Gasteiger partial charge in [-0.05, 0) is 93.1 Å². The summed E-state index contributed by atoms with van der Waals surface area (Å²) in [5.74, 6) is -4.28. The number of ether oxygens (including phenoxy) is 1. The Hall–Kier alpha value is -5.98. The molecule has 0 radical (unpaired) electrons. The normalized spacial score (nSPS) is 13.8. The van der Waals surface area contributed by atoms with Crippen LogP contribution < -0.4 is 15.5 Å². The molecule has 262 valence electrons. The van der Waals surface area contributed by atoms with Crippen LogP contribution in [0.15, 0.2) is 72.9 Å². The van der Waals surface area contributed by atoms with Gasteiger partial charge in [0.25, 0.3) is 17.7 Å². The molecule has 13 heteroatoms. The summed E-state index contributed by atoms with van der Waals surface area (Å²) in [5, 5.41) is 9.98. The van der Waals surface area contributed by atoms with Gasteiger partial charge in [0, 0.05) is 25.3 Å². The van der Waals surface area contributed by atoms with E-state index in [-0.39, 0.29) is 29.1 Å². The zero-order valence-corrected chi connectivity index (χ0v) is 28.7. The predicted molar refractivity (Wildman–Crippen MR) is 185 cm³/mol. The Kier molecular flexibility index (Phi) is 9.39. The fraction of sp³-hybridized carbons (Fsp3) is 0.263. The third-order valence-corrected chi connectivity index (χ3v) is 8.67. The molecule has 11 nitrogen and oxygen atoms in total. The van der Waals surface area contributed by atoms with E-state index in [1.807, 2.05) is 19.1 Å². The van der Waals surface area contributed by atoms with Crippen LogP contribution in [0.1, 0.15) is 97.2 Å². The summed E-state index contributed by atoms with van der Waals surface area (Å²) in [5.41, 5.74) is 3.04. The van der Waals surface area contributed by atoms with Crippen molar-refractivity contribution < 1.29 is 32.7 Å². The van der Waals surface area contributed by atoms with E-state index in [0.717, 1.165) is 28.8 Å². The molecule has 0 bridgehead atoms. The molecule has 0 saturated heterocycles. The van der Waals surface area contributed by atoms with Crippen molar-refractivity contribution in [3.8, 4) is 0 Å².